The van der Waals surface area contributed by atoms with Crippen molar-refractivity contribution in [3.8, 4) is 39.9 Å². The topological polar surface area (TPSA) is 54.1 Å². The summed E-state index contributed by atoms with van der Waals surface area (Å²) in [6, 6.07) is 33.7. The number of aromatic nitrogens is 4. The summed E-state index contributed by atoms with van der Waals surface area (Å²) in [4.78, 5) is 4.69. The molecule has 0 saturated carbocycles. The van der Waals surface area contributed by atoms with Crippen LogP contribution in [0.4, 0.5) is 0 Å². The second-order valence-corrected chi connectivity index (χ2v) is 12.2. The van der Waals surface area contributed by atoms with Crippen molar-refractivity contribution in [2.24, 2.45) is 0 Å². The third-order valence-corrected chi connectivity index (χ3v) is 8.52. The number of ether oxygens (including phenoxy) is 2. The van der Waals surface area contributed by atoms with Gasteiger partial charge in [0.25, 0.3) is 0 Å². The molecule has 7 aromatic rings. The average molecular weight is 711 g/mol. The van der Waals surface area contributed by atoms with E-state index in [4.69, 9.17) is 19.6 Å². The van der Waals surface area contributed by atoms with Crippen molar-refractivity contribution in [2.45, 2.75) is 47.5 Å². The van der Waals surface area contributed by atoms with Crippen LogP contribution in [0.25, 0.3) is 44.4 Å². The second-order valence-electron chi connectivity index (χ2n) is 12.2. The number of aryl methyl sites for hydroxylation is 4. The van der Waals surface area contributed by atoms with Gasteiger partial charge in [0.2, 0.25) is 0 Å². The van der Waals surface area contributed by atoms with E-state index in [-0.39, 0.29) is 26.3 Å². The SMILES string of the molecule is COc1cc(C)c(-c2c(C)nn(-c3[c-]c(Oc4[c-]c5c(cc4)c4ccccc4n5-c4cc(C)ccn4)ccc3)c2C(C)C)c(C)c1.[Pd+2]. The van der Waals surface area contributed by atoms with Crippen LogP contribution in [0.1, 0.15) is 47.8 Å². The fourth-order valence-corrected chi connectivity index (χ4v) is 6.56. The molecule has 0 saturated heterocycles. The van der Waals surface area contributed by atoms with Crippen LogP contribution in [0.3, 0.4) is 0 Å². The van der Waals surface area contributed by atoms with Gasteiger partial charge in [-0.05, 0) is 97.3 Å². The molecule has 4 aromatic carbocycles. The summed E-state index contributed by atoms with van der Waals surface area (Å²) >= 11 is 0. The zero-order valence-electron chi connectivity index (χ0n) is 27.6. The number of hydrogen-bond acceptors (Lipinski definition) is 4. The molecule has 0 N–H and O–H groups in total. The summed E-state index contributed by atoms with van der Waals surface area (Å²) in [5.74, 6) is 3.11. The van der Waals surface area contributed by atoms with Crippen molar-refractivity contribution in [1.82, 2.24) is 19.3 Å². The minimum atomic E-state index is 0. The molecule has 7 rings (SSSR count). The van der Waals surface area contributed by atoms with Crippen LogP contribution in [0.15, 0.2) is 85.1 Å². The van der Waals surface area contributed by atoms with Gasteiger partial charge >= 0.3 is 20.4 Å². The minimum Gasteiger partial charge on any atom is -0.509 e. The first kappa shape index (κ1) is 32.3. The molecular formula is C40H36N4O2Pd. The zero-order valence-corrected chi connectivity index (χ0v) is 29.1. The molecule has 0 spiro atoms. The van der Waals surface area contributed by atoms with Crippen LogP contribution in [0, 0.1) is 39.8 Å². The normalized spacial score (nSPS) is 11.3. The fraction of sp³-hybridized carbons (Fsp3) is 0.200. The predicted octanol–water partition coefficient (Wildman–Crippen LogP) is 9.79. The van der Waals surface area contributed by atoms with Gasteiger partial charge in [0.1, 0.15) is 11.6 Å². The van der Waals surface area contributed by atoms with Gasteiger partial charge in [-0.1, -0.05) is 37.6 Å². The molecule has 7 heteroatoms. The smallest absolute Gasteiger partial charge is 0.509 e. The minimum absolute atomic E-state index is 0. The van der Waals surface area contributed by atoms with Gasteiger partial charge in [-0.25, -0.2) is 4.98 Å². The number of fused-ring (bicyclic) bond motifs is 3. The first-order valence-electron chi connectivity index (χ1n) is 15.6. The first-order chi connectivity index (χ1) is 22.2. The molecule has 47 heavy (non-hydrogen) atoms. The summed E-state index contributed by atoms with van der Waals surface area (Å²) in [7, 11) is 1.71. The Morgan fingerprint density at radius 3 is 2.23 bits per heavy atom. The predicted molar refractivity (Wildman–Crippen MR) is 185 cm³/mol. The molecule has 0 aliphatic carbocycles. The van der Waals surface area contributed by atoms with E-state index in [1.54, 1.807) is 7.11 Å². The van der Waals surface area contributed by atoms with E-state index in [1.165, 1.54) is 5.56 Å². The number of rotatable bonds is 7. The van der Waals surface area contributed by atoms with E-state index in [0.717, 1.165) is 72.7 Å². The quantitative estimate of drug-likeness (QED) is 0.122. The summed E-state index contributed by atoms with van der Waals surface area (Å²) in [6.07, 6.45) is 1.84. The average Bonchev–Trinajstić information content (AvgIpc) is 3.55. The van der Waals surface area contributed by atoms with Gasteiger partial charge in [0, 0.05) is 28.8 Å². The molecule has 0 atom stereocenters. The Kier molecular flexibility index (Phi) is 8.81. The van der Waals surface area contributed by atoms with E-state index in [1.807, 2.05) is 41.2 Å². The van der Waals surface area contributed by atoms with Crippen molar-refractivity contribution in [1.29, 1.82) is 0 Å². The third kappa shape index (κ3) is 5.75. The van der Waals surface area contributed by atoms with E-state index in [0.29, 0.717) is 11.5 Å². The molecule has 0 unspecified atom stereocenters. The molecule has 6 nitrogen and oxygen atoms in total. The van der Waals surface area contributed by atoms with Crippen molar-refractivity contribution in [3.05, 3.63) is 125 Å². The standard InChI is InChI=1S/C40H36N4O2.Pd/c1-24(2)40-39(38-26(4)20-32(45-7)21-27(38)5)28(6)42-44(40)29-11-10-12-30(22-29)46-31-15-16-34-33-13-8-9-14-35(33)43(36(34)23-31)37-19-25(3)17-18-41-37;/h8-21,24H,1-7H3;/q-2;+2. The Hall–Kier alpha value is -4.70. The van der Waals surface area contributed by atoms with E-state index < -0.39 is 0 Å². The van der Waals surface area contributed by atoms with Gasteiger partial charge in [0.15, 0.2) is 0 Å². The van der Waals surface area contributed by atoms with Crippen molar-refractivity contribution in [3.63, 3.8) is 0 Å². The van der Waals surface area contributed by atoms with Crippen LogP contribution < -0.4 is 9.47 Å². The largest absolute Gasteiger partial charge is 2.00 e. The Bertz CT molecular complexity index is 2240. The number of nitrogens with zero attached hydrogens (tertiary/aromatic N) is 4. The van der Waals surface area contributed by atoms with Crippen LogP contribution in [0.2, 0.25) is 0 Å². The van der Waals surface area contributed by atoms with Crippen molar-refractivity contribution in [2.75, 3.05) is 7.11 Å². The number of pyridine rings is 1. The summed E-state index contributed by atoms with van der Waals surface area (Å²) < 4.78 is 16.1. The van der Waals surface area contributed by atoms with Gasteiger partial charge in [-0.3, -0.25) is 4.68 Å². The zero-order chi connectivity index (χ0) is 32.1. The second kappa shape index (κ2) is 12.8. The molecule has 0 aliphatic rings. The molecular weight excluding hydrogens is 675 g/mol. The maximum atomic E-state index is 6.45. The van der Waals surface area contributed by atoms with Crippen LogP contribution in [0.5, 0.6) is 17.2 Å². The summed E-state index contributed by atoms with van der Waals surface area (Å²) in [5, 5.41) is 7.29. The summed E-state index contributed by atoms with van der Waals surface area (Å²) in [5.41, 5.74) is 10.7. The Balaban J connectivity index is 0.00000386. The van der Waals surface area contributed by atoms with E-state index in [9.17, 15) is 0 Å². The number of hydrogen-bond donors (Lipinski definition) is 0. The van der Waals surface area contributed by atoms with Gasteiger partial charge < -0.3 is 14.0 Å². The maximum Gasteiger partial charge on any atom is 2.00 e. The molecule has 0 radical (unpaired) electrons. The van der Waals surface area contributed by atoms with Crippen molar-refractivity contribution < 1.29 is 29.9 Å². The third-order valence-electron chi connectivity index (χ3n) is 8.52. The first-order valence-corrected chi connectivity index (χ1v) is 15.6. The molecule has 3 aromatic heterocycles. The fourth-order valence-electron chi connectivity index (χ4n) is 6.56. The van der Waals surface area contributed by atoms with E-state index in [2.05, 4.69) is 107 Å². The van der Waals surface area contributed by atoms with Gasteiger partial charge in [0.05, 0.1) is 18.5 Å². The number of benzene rings is 4. The Morgan fingerprint density at radius 1 is 0.766 bits per heavy atom. The van der Waals surface area contributed by atoms with Crippen molar-refractivity contribution >= 4 is 21.8 Å². The Morgan fingerprint density at radius 2 is 1.51 bits per heavy atom. The van der Waals surface area contributed by atoms with Crippen LogP contribution in [-0.2, 0) is 20.4 Å². The molecule has 0 aliphatic heterocycles. The van der Waals surface area contributed by atoms with E-state index >= 15 is 0 Å². The molecule has 238 valence electrons. The molecule has 3 heterocycles. The molecule has 0 fully saturated rings. The molecule has 0 amide bonds. The van der Waals surface area contributed by atoms with Crippen LogP contribution in [-0.4, -0.2) is 26.4 Å². The monoisotopic (exact) mass is 710 g/mol. The summed E-state index contributed by atoms with van der Waals surface area (Å²) in [6.45, 7) is 12.8. The maximum absolute atomic E-state index is 6.45. The number of para-hydroxylation sites is 1. The van der Waals surface area contributed by atoms with Crippen LogP contribution >= 0.6 is 0 Å². The van der Waals surface area contributed by atoms with Gasteiger partial charge in [-0.2, -0.15) is 17.2 Å². The number of methoxy groups -OCH3 is 1. The van der Waals surface area contributed by atoms with Gasteiger partial charge in [-0.15, -0.1) is 35.7 Å². The Labute approximate surface area is 289 Å². The molecule has 0 bridgehead atoms.